The highest BCUT2D eigenvalue weighted by Gasteiger charge is 2.38. The van der Waals surface area contributed by atoms with Crippen molar-refractivity contribution in [3.8, 4) is 0 Å². The summed E-state index contributed by atoms with van der Waals surface area (Å²) in [6.45, 7) is 0. The van der Waals surface area contributed by atoms with Crippen molar-refractivity contribution < 1.29 is 18.0 Å². The molecular formula is C7H3ClF3IN2O. The number of amides is 1. The summed E-state index contributed by atoms with van der Waals surface area (Å²) in [6, 6.07) is 0. The summed E-state index contributed by atoms with van der Waals surface area (Å²) in [6.07, 6.45) is -3.76. The lowest BCUT2D eigenvalue weighted by atomic mass is 10.1. The van der Waals surface area contributed by atoms with E-state index < -0.39 is 28.4 Å². The van der Waals surface area contributed by atoms with Gasteiger partial charge < -0.3 is 5.73 Å². The van der Waals surface area contributed by atoms with E-state index in [0.29, 0.717) is 0 Å². The summed E-state index contributed by atoms with van der Waals surface area (Å²) in [5.74, 6) is -1.25. The molecular weight excluding hydrogens is 347 g/mol. The number of carbonyl (C=O) groups is 1. The molecule has 82 valence electrons. The average molecular weight is 350 g/mol. The lowest BCUT2D eigenvalue weighted by Crippen LogP contribution is -2.21. The van der Waals surface area contributed by atoms with Crippen molar-refractivity contribution in [3.63, 3.8) is 0 Å². The van der Waals surface area contributed by atoms with Crippen LogP contribution in [0.2, 0.25) is 5.15 Å². The fourth-order valence-electron chi connectivity index (χ4n) is 0.967. The molecule has 0 saturated carbocycles. The van der Waals surface area contributed by atoms with E-state index in [-0.39, 0.29) is 3.57 Å². The van der Waals surface area contributed by atoms with Crippen molar-refractivity contribution in [3.05, 3.63) is 26.0 Å². The molecule has 0 aliphatic heterocycles. The third kappa shape index (κ3) is 2.51. The smallest absolute Gasteiger partial charge is 0.365 e. The number of hydrogen-bond donors (Lipinski definition) is 1. The van der Waals surface area contributed by atoms with E-state index >= 15 is 0 Å². The lowest BCUT2D eigenvalue weighted by molar-refractivity contribution is -0.138. The molecule has 0 aliphatic rings. The predicted molar refractivity (Wildman–Crippen MR) is 55.5 cm³/mol. The van der Waals surface area contributed by atoms with E-state index in [0.717, 1.165) is 6.20 Å². The minimum atomic E-state index is -4.69. The molecule has 0 atom stereocenters. The Morgan fingerprint density at radius 2 is 2.07 bits per heavy atom. The number of carbonyl (C=O) groups excluding carboxylic acids is 1. The topological polar surface area (TPSA) is 56.0 Å². The first-order valence-electron chi connectivity index (χ1n) is 3.46. The Balaban J connectivity index is 3.60. The second kappa shape index (κ2) is 4.12. The highest BCUT2D eigenvalue weighted by molar-refractivity contribution is 14.1. The first-order chi connectivity index (χ1) is 6.75. The average Bonchev–Trinajstić information content (AvgIpc) is 2.05. The minimum absolute atomic E-state index is 0.224. The number of rotatable bonds is 1. The van der Waals surface area contributed by atoms with E-state index in [1.807, 2.05) is 0 Å². The van der Waals surface area contributed by atoms with Gasteiger partial charge in [-0.3, -0.25) is 4.79 Å². The van der Waals surface area contributed by atoms with E-state index in [4.69, 9.17) is 17.3 Å². The van der Waals surface area contributed by atoms with Crippen LogP contribution < -0.4 is 5.73 Å². The van der Waals surface area contributed by atoms with Crippen molar-refractivity contribution in [1.29, 1.82) is 0 Å². The highest BCUT2D eigenvalue weighted by Crippen LogP contribution is 2.37. The standard InChI is InChI=1S/C7H3ClF3IN2O/c8-5-3(6(13)15)4(7(9,10)11)2(12)1-14-5/h1H,(H2,13,15). The second-order valence-electron chi connectivity index (χ2n) is 2.51. The molecule has 3 nitrogen and oxygen atoms in total. The number of nitrogens with zero attached hydrogens (tertiary/aromatic N) is 1. The van der Waals surface area contributed by atoms with Crippen LogP contribution >= 0.6 is 34.2 Å². The Bertz CT molecular complexity index is 421. The normalized spacial score (nSPS) is 11.5. The lowest BCUT2D eigenvalue weighted by Gasteiger charge is -2.13. The third-order valence-corrected chi connectivity index (χ3v) is 2.62. The number of aromatic nitrogens is 1. The molecule has 1 rings (SSSR count). The zero-order valence-electron chi connectivity index (χ0n) is 6.90. The van der Waals surface area contributed by atoms with Gasteiger partial charge in [0.1, 0.15) is 5.15 Å². The second-order valence-corrected chi connectivity index (χ2v) is 4.03. The molecule has 8 heteroatoms. The van der Waals surface area contributed by atoms with Crippen molar-refractivity contribution >= 4 is 40.1 Å². The summed E-state index contributed by atoms with van der Waals surface area (Å²) in [5, 5.41) is -0.546. The molecule has 0 unspecified atom stereocenters. The van der Waals surface area contributed by atoms with Crippen LogP contribution in [-0.2, 0) is 6.18 Å². The van der Waals surface area contributed by atoms with Crippen molar-refractivity contribution in [2.75, 3.05) is 0 Å². The van der Waals surface area contributed by atoms with Crippen molar-refractivity contribution in [2.24, 2.45) is 5.73 Å². The molecule has 0 aliphatic carbocycles. The van der Waals surface area contributed by atoms with Gasteiger partial charge in [-0.15, -0.1) is 0 Å². The zero-order valence-corrected chi connectivity index (χ0v) is 9.81. The highest BCUT2D eigenvalue weighted by atomic mass is 127. The van der Waals surface area contributed by atoms with Gasteiger partial charge in [0.25, 0.3) is 5.91 Å². The molecule has 0 radical (unpaired) electrons. The van der Waals surface area contributed by atoms with Crippen LogP contribution in [0.15, 0.2) is 6.20 Å². The Hall–Kier alpha value is -0.570. The SMILES string of the molecule is NC(=O)c1c(Cl)ncc(I)c1C(F)(F)F. The van der Waals surface area contributed by atoms with Gasteiger partial charge in [0.05, 0.1) is 11.1 Å². The Kier molecular flexibility index (Phi) is 3.44. The predicted octanol–water partition coefficient (Wildman–Crippen LogP) is 2.46. The molecule has 0 spiro atoms. The monoisotopic (exact) mass is 350 g/mol. The zero-order chi connectivity index (χ0) is 11.8. The first-order valence-corrected chi connectivity index (χ1v) is 4.91. The van der Waals surface area contributed by atoms with Crippen LogP contribution in [0.3, 0.4) is 0 Å². The van der Waals surface area contributed by atoms with Gasteiger partial charge in [0.15, 0.2) is 0 Å². The van der Waals surface area contributed by atoms with Gasteiger partial charge in [-0.25, -0.2) is 4.98 Å². The van der Waals surface area contributed by atoms with E-state index in [2.05, 4.69) is 4.98 Å². The quantitative estimate of drug-likeness (QED) is 0.625. The van der Waals surface area contributed by atoms with Gasteiger partial charge in [-0.1, -0.05) is 11.6 Å². The van der Waals surface area contributed by atoms with Gasteiger partial charge in [0.2, 0.25) is 0 Å². The number of alkyl halides is 3. The Morgan fingerprint density at radius 1 is 1.53 bits per heavy atom. The van der Waals surface area contributed by atoms with Crippen LogP contribution in [0, 0.1) is 3.57 Å². The van der Waals surface area contributed by atoms with Gasteiger partial charge in [0, 0.05) is 9.77 Å². The maximum Gasteiger partial charge on any atom is 0.418 e. The molecule has 0 fully saturated rings. The van der Waals surface area contributed by atoms with E-state index in [1.54, 1.807) is 0 Å². The van der Waals surface area contributed by atoms with Crippen molar-refractivity contribution in [1.82, 2.24) is 4.98 Å². The fourth-order valence-corrected chi connectivity index (χ4v) is 1.92. The maximum atomic E-state index is 12.6. The van der Waals surface area contributed by atoms with Gasteiger partial charge in [-0.05, 0) is 22.6 Å². The van der Waals surface area contributed by atoms with E-state index in [9.17, 15) is 18.0 Å². The number of halogens is 5. The number of hydrogen-bond acceptors (Lipinski definition) is 2. The van der Waals surface area contributed by atoms with E-state index in [1.165, 1.54) is 22.6 Å². The van der Waals surface area contributed by atoms with Crippen molar-refractivity contribution in [2.45, 2.75) is 6.18 Å². The molecule has 1 aromatic heterocycles. The first kappa shape index (κ1) is 12.5. The maximum absolute atomic E-state index is 12.6. The molecule has 0 saturated heterocycles. The number of nitrogens with two attached hydrogens (primary N) is 1. The summed E-state index contributed by atoms with van der Waals surface area (Å²) in [5.41, 5.74) is 2.88. The number of pyridine rings is 1. The summed E-state index contributed by atoms with van der Waals surface area (Å²) < 4.78 is 37.4. The van der Waals surface area contributed by atoms with Gasteiger partial charge in [-0.2, -0.15) is 13.2 Å². The molecule has 15 heavy (non-hydrogen) atoms. The fraction of sp³-hybridized carbons (Fsp3) is 0.143. The molecule has 0 aromatic carbocycles. The molecule has 1 heterocycles. The van der Waals surface area contributed by atoms with Crippen LogP contribution in [0.4, 0.5) is 13.2 Å². The van der Waals surface area contributed by atoms with Crippen LogP contribution in [0.5, 0.6) is 0 Å². The number of primary amides is 1. The third-order valence-electron chi connectivity index (χ3n) is 1.52. The summed E-state index contributed by atoms with van der Waals surface area (Å²) >= 11 is 6.80. The van der Waals surface area contributed by atoms with Crippen LogP contribution in [0.25, 0.3) is 0 Å². The summed E-state index contributed by atoms with van der Waals surface area (Å²) in [7, 11) is 0. The molecule has 0 bridgehead atoms. The molecule has 2 N–H and O–H groups in total. The minimum Gasteiger partial charge on any atom is -0.365 e. The largest absolute Gasteiger partial charge is 0.418 e. The molecule has 1 aromatic rings. The van der Waals surface area contributed by atoms with Gasteiger partial charge >= 0.3 is 6.18 Å². The summed E-state index contributed by atoms with van der Waals surface area (Å²) in [4.78, 5) is 14.3. The Labute approximate surface area is 101 Å². The van der Waals surface area contributed by atoms with Crippen LogP contribution in [0.1, 0.15) is 15.9 Å². The molecule has 1 amide bonds. The Morgan fingerprint density at radius 3 is 2.40 bits per heavy atom. The van der Waals surface area contributed by atoms with Crippen LogP contribution in [-0.4, -0.2) is 10.9 Å².